The lowest BCUT2D eigenvalue weighted by molar-refractivity contribution is -0.288. The van der Waals surface area contributed by atoms with Gasteiger partial charge in [-0.3, -0.25) is 24.0 Å². The molecule has 0 aromatic carbocycles. The smallest absolute Gasteiger partial charge is 0.303 e. The molecule has 1 N–H and O–H groups in total. The van der Waals surface area contributed by atoms with Gasteiger partial charge in [-0.2, -0.15) is 0 Å². The van der Waals surface area contributed by atoms with Gasteiger partial charge in [0.25, 0.3) is 0 Å². The van der Waals surface area contributed by atoms with Crippen LogP contribution in [0.25, 0.3) is 0 Å². The van der Waals surface area contributed by atoms with E-state index in [9.17, 15) is 24.0 Å². The summed E-state index contributed by atoms with van der Waals surface area (Å²) < 4.78 is 28.4. The summed E-state index contributed by atoms with van der Waals surface area (Å²) in [5.74, 6) is -2.59. The van der Waals surface area contributed by atoms with Crippen LogP contribution in [0.2, 0.25) is 0 Å². The van der Waals surface area contributed by atoms with E-state index >= 15 is 0 Å². The van der Waals surface area contributed by atoms with Crippen LogP contribution >= 0.6 is 0 Å². The van der Waals surface area contributed by atoms with Crippen LogP contribution in [0.4, 0.5) is 0 Å². The molecule has 1 aliphatic heterocycles. The van der Waals surface area contributed by atoms with E-state index in [1.807, 2.05) is 34.6 Å². The zero-order valence-electron chi connectivity index (χ0n) is 24.2. The first-order chi connectivity index (χ1) is 17.6. The van der Waals surface area contributed by atoms with E-state index in [0.29, 0.717) is 12.8 Å². The Balaban J connectivity index is 3.33. The van der Waals surface area contributed by atoms with Crippen LogP contribution in [-0.4, -0.2) is 73.0 Å². The summed E-state index contributed by atoms with van der Waals surface area (Å²) in [6.45, 7) is 14.2. The fourth-order valence-corrected chi connectivity index (χ4v) is 4.83. The van der Waals surface area contributed by atoms with Crippen molar-refractivity contribution in [2.45, 2.75) is 125 Å². The molecule has 1 amide bonds. The maximum atomic E-state index is 13.1. The Hall–Kier alpha value is -2.53. The third-order valence-corrected chi connectivity index (χ3v) is 6.46. The Bertz CT molecular complexity index is 842. The maximum Gasteiger partial charge on any atom is 0.303 e. The third kappa shape index (κ3) is 10.3. The van der Waals surface area contributed by atoms with Crippen molar-refractivity contribution in [2.75, 3.05) is 6.61 Å². The molecule has 1 saturated heterocycles. The summed E-state index contributed by atoms with van der Waals surface area (Å²) in [4.78, 5) is 60.7. The molecule has 0 saturated carbocycles. The molecule has 1 fully saturated rings. The lowest BCUT2D eigenvalue weighted by Gasteiger charge is -2.45. The Kier molecular flexibility index (Phi) is 13.4. The fourth-order valence-electron chi connectivity index (χ4n) is 4.83. The van der Waals surface area contributed by atoms with E-state index in [1.54, 1.807) is 0 Å². The van der Waals surface area contributed by atoms with E-state index in [-0.39, 0.29) is 18.3 Å². The Morgan fingerprint density at radius 1 is 0.921 bits per heavy atom. The Morgan fingerprint density at radius 3 is 1.97 bits per heavy atom. The molecule has 1 aliphatic rings. The van der Waals surface area contributed by atoms with Crippen LogP contribution in [0.5, 0.6) is 0 Å². The average molecular weight is 544 g/mol. The van der Waals surface area contributed by atoms with Crippen LogP contribution in [0.3, 0.4) is 0 Å². The Morgan fingerprint density at radius 2 is 1.50 bits per heavy atom. The molecule has 11 heteroatoms. The Labute approximate surface area is 225 Å². The summed E-state index contributed by atoms with van der Waals surface area (Å²) in [5.41, 5.74) is -0.473. The molecule has 1 rings (SSSR count). The number of hydrogen-bond acceptors (Lipinski definition) is 10. The van der Waals surface area contributed by atoms with E-state index in [2.05, 4.69) is 5.32 Å². The summed E-state index contributed by atoms with van der Waals surface area (Å²) in [6.07, 6.45) is -2.47. The first-order valence-electron chi connectivity index (χ1n) is 13.2. The first-order valence-corrected chi connectivity index (χ1v) is 13.2. The summed E-state index contributed by atoms with van der Waals surface area (Å²) >= 11 is 0. The van der Waals surface area contributed by atoms with Crippen LogP contribution in [0, 0.1) is 11.3 Å². The summed E-state index contributed by atoms with van der Waals surface area (Å²) in [7, 11) is 0. The van der Waals surface area contributed by atoms with Crippen LogP contribution in [-0.2, 0) is 47.7 Å². The molecule has 11 nitrogen and oxygen atoms in total. The third-order valence-electron chi connectivity index (χ3n) is 6.46. The van der Waals surface area contributed by atoms with Gasteiger partial charge in [0.2, 0.25) is 5.91 Å². The van der Waals surface area contributed by atoms with E-state index in [1.165, 1.54) is 27.7 Å². The van der Waals surface area contributed by atoms with Gasteiger partial charge in [-0.25, -0.2) is 0 Å². The molecule has 7 atom stereocenters. The highest BCUT2D eigenvalue weighted by Crippen LogP contribution is 2.32. The second-order valence-electron chi connectivity index (χ2n) is 10.5. The number of Topliss-reactive ketones (excluding diaryl/α,β-unsaturated/α-hetero) is 1. The highest BCUT2D eigenvalue weighted by molar-refractivity contribution is 5.86. The van der Waals surface area contributed by atoms with E-state index in [0.717, 1.165) is 12.8 Å². The zero-order chi connectivity index (χ0) is 29.2. The van der Waals surface area contributed by atoms with Gasteiger partial charge in [0.1, 0.15) is 24.5 Å². The highest BCUT2D eigenvalue weighted by Gasteiger charge is 2.52. The van der Waals surface area contributed by atoms with Gasteiger partial charge in [-0.05, 0) is 19.3 Å². The zero-order valence-corrected chi connectivity index (χ0v) is 24.2. The van der Waals surface area contributed by atoms with Crippen LogP contribution in [0.1, 0.15) is 88.0 Å². The van der Waals surface area contributed by atoms with Crippen molar-refractivity contribution in [2.24, 2.45) is 11.3 Å². The van der Waals surface area contributed by atoms with E-state index < -0.39 is 66.0 Å². The van der Waals surface area contributed by atoms with Crippen molar-refractivity contribution in [3.8, 4) is 0 Å². The van der Waals surface area contributed by atoms with Crippen molar-refractivity contribution >= 4 is 29.6 Å². The second-order valence-corrected chi connectivity index (χ2v) is 10.5. The van der Waals surface area contributed by atoms with Gasteiger partial charge in [-0.1, -0.05) is 41.0 Å². The number of rotatable bonds is 14. The molecule has 218 valence electrons. The molecule has 0 aromatic heterocycles. The minimum absolute atomic E-state index is 0.129. The molecule has 7 unspecified atom stereocenters. The molecular formula is C27H45NO10. The van der Waals surface area contributed by atoms with Crippen molar-refractivity contribution in [3.63, 3.8) is 0 Å². The van der Waals surface area contributed by atoms with Gasteiger partial charge in [0, 0.05) is 39.0 Å². The number of carbonyl (C=O) groups excluding carboxylic acids is 5. The van der Waals surface area contributed by atoms with Crippen LogP contribution < -0.4 is 5.32 Å². The molecule has 0 aromatic rings. The molecule has 0 aliphatic carbocycles. The quantitative estimate of drug-likeness (QED) is 0.256. The SMILES string of the molecule is CCCC(C)(C)C(=O)C(C)CC(CC)OC1OC(COC(C)=O)C(OC(C)=O)C(OC(C)=O)C1NC(C)=O. The second kappa shape index (κ2) is 15.2. The monoisotopic (exact) mass is 543 g/mol. The summed E-state index contributed by atoms with van der Waals surface area (Å²) in [5, 5.41) is 2.69. The normalized spacial score (nSPS) is 25.0. The minimum atomic E-state index is -1.19. The molecule has 0 radical (unpaired) electrons. The molecule has 38 heavy (non-hydrogen) atoms. The predicted octanol–water partition coefficient (Wildman–Crippen LogP) is 2.86. The van der Waals surface area contributed by atoms with Gasteiger partial charge >= 0.3 is 17.9 Å². The molecular weight excluding hydrogens is 498 g/mol. The minimum Gasteiger partial charge on any atom is -0.463 e. The van der Waals surface area contributed by atoms with Gasteiger partial charge in [0.05, 0.1) is 6.10 Å². The number of esters is 3. The number of carbonyl (C=O) groups is 5. The largest absolute Gasteiger partial charge is 0.463 e. The number of nitrogens with one attached hydrogen (secondary N) is 1. The molecule has 0 bridgehead atoms. The van der Waals surface area contributed by atoms with Crippen molar-refractivity contribution in [3.05, 3.63) is 0 Å². The number of ketones is 1. The maximum absolute atomic E-state index is 13.1. The standard InChI is InChI=1S/C27H45NO10/c1-10-12-27(8,9)25(33)15(3)13-20(11-2)37-26-22(28-16(4)29)24(36-19(7)32)23(35-18(6)31)21(38-26)14-34-17(5)30/h15,20-24,26H,10-14H2,1-9H3,(H,28,29). The van der Waals surface area contributed by atoms with Crippen molar-refractivity contribution < 1.29 is 47.7 Å². The predicted molar refractivity (Wildman–Crippen MR) is 137 cm³/mol. The molecule has 1 heterocycles. The van der Waals surface area contributed by atoms with Gasteiger partial charge in [0.15, 0.2) is 18.5 Å². The lowest BCUT2D eigenvalue weighted by Crippen LogP contribution is -2.67. The molecule has 0 spiro atoms. The number of amides is 1. The van der Waals surface area contributed by atoms with Crippen LogP contribution in [0.15, 0.2) is 0 Å². The van der Waals surface area contributed by atoms with Crippen molar-refractivity contribution in [1.82, 2.24) is 5.32 Å². The average Bonchev–Trinajstić information content (AvgIpc) is 2.79. The topological polar surface area (TPSA) is 144 Å². The summed E-state index contributed by atoms with van der Waals surface area (Å²) in [6, 6.07) is -1.05. The van der Waals surface area contributed by atoms with E-state index in [4.69, 9.17) is 23.7 Å². The van der Waals surface area contributed by atoms with Gasteiger partial charge in [-0.15, -0.1) is 0 Å². The van der Waals surface area contributed by atoms with Crippen molar-refractivity contribution in [1.29, 1.82) is 0 Å². The fraction of sp³-hybridized carbons (Fsp3) is 0.815. The lowest BCUT2D eigenvalue weighted by atomic mass is 9.77. The number of hydrogen-bond donors (Lipinski definition) is 1. The number of ether oxygens (including phenoxy) is 5. The van der Waals surface area contributed by atoms with Gasteiger partial charge < -0.3 is 29.0 Å². The highest BCUT2D eigenvalue weighted by atomic mass is 16.7. The first kappa shape index (κ1) is 33.5.